The molecule has 0 saturated heterocycles. The first-order valence-electron chi connectivity index (χ1n) is 5.93. The molecule has 6 heteroatoms. The Bertz CT molecular complexity index is 699. The molecule has 0 spiro atoms. The van der Waals surface area contributed by atoms with E-state index in [0.717, 1.165) is 11.8 Å². The normalized spacial score (nSPS) is 13.2. The van der Waals surface area contributed by atoms with E-state index in [1.807, 2.05) is 0 Å². The van der Waals surface area contributed by atoms with Crippen molar-refractivity contribution in [3.8, 4) is 0 Å². The maximum absolute atomic E-state index is 13.3. The van der Waals surface area contributed by atoms with E-state index in [0.29, 0.717) is 5.56 Å². The molecule has 0 aliphatic heterocycles. The van der Waals surface area contributed by atoms with Gasteiger partial charge in [0.25, 0.3) is 0 Å². The van der Waals surface area contributed by atoms with E-state index < -0.39 is 15.9 Å². The van der Waals surface area contributed by atoms with Crippen LogP contribution < -0.4 is 11.3 Å². The number of halogens is 1. The van der Waals surface area contributed by atoms with E-state index in [2.05, 4.69) is 5.43 Å². The number of hydrazine groups is 1. The molecule has 0 aliphatic carbocycles. The Morgan fingerprint density at radius 1 is 1.10 bits per heavy atom. The van der Waals surface area contributed by atoms with Crippen LogP contribution in [0, 0.1) is 5.82 Å². The van der Waals surface area contributed by atoms with Crippen LogP contribution in [0.5, 0.6) is 0 Å². The molecule has 3 N–H and O–H groups in total. The summed E-state index contributed by atoms with van der Waals surface area (Å²) in [6.45, 7) is 0. The minimum absolute atomic E-state index is 0.233. The molecule has 2 aromatic carbocycles. The largest absolute Gasteiger partial charge is 0.271 e. The molecule has 0 fully saturated rings. The summed E-state index contributed by atoms with van der Waals surface area (Å²) in [6.07, 6.45) is 1.15. The SMILES string of the molecule is CS(=O)(=O)c1ccc(C(NN)c2cccc(F)c2)cc1. The molecular formula is C14H15FN2O2S. The summed E-state index contributed by atoms with van der Waals surface area (Å²) < 4.78 is 36.1. The van der Waals surface area contributed by atoms with Crippen LogP contribution in [0.25, 0.3) is 0 Å². The maximum atomic E-state index is 13.3. The average molecular weight is 294 g/mol. The minimum Gasteiger partial charge on any atom is -0.271 e. The van der Waals surface area contributed by atoms with Crippen LogP contribution >= 0.6 is 0 Å². The van der Waals surface area contributed by atoms with Gasteiger partial charge in [-0.25, -0.2) is 18.2 Å². The maximum Gasteiger partial charge on any atom is 0.175 e. The highest BCUT2D eigenvalue weighted by Crippen LogP contribution is 2.23. The Hall–Kier alpha value is -1.76. The van der Waals surface area contributed by atoms with Crippen molar-refractivity contribution in [1.82, 2.24) is 5.43 Å². The van der Waals surface area contributed by atoms with Crippen molar-refractivity contribution >= 4 is 9.84 Å². The van der Waals surface area contributed by atoms with Gasteiger partial charge >= 0.3 is 0 Å². The molecule has 0 amide bonds. The highest BCUT2D eigenvalue weighted by Gasteiger charge is 2.14. The third kappa shape index (κ3) is 3.22. The Morgan fingerprint density at radius 2 is 1.75 bits per heavy atom. The van der Waals surface area contributed by atoms with Gasteiger partial charge in [-0.05, 0) is 35.4 Å². The van der Waals surface area contributed by atoms with Crippen molar-refractivity contribution in [2.75, 3.05) is 6.26 Å². The van der Waals surface area contributed by atoms with Gasteiger partial charge in [-0.1, -0.05) is 24.3 Å². The van der Waals surface area contributed by atoms with Gasteiger partial charge in [0.15, 0.2) is 9.84 Å². The number of hydrogen-bond acceptors (Lipinski definition) is 4. The lowest BCUT2D eigenvalue weighted by Crippen LogP contribution is -2.28. The van der Waals surface area contributed by atoms with Crippen molar-refractivity contribution in [2.45, 2.75) is 10.9 Å². The second-order valence-electron chi connectivity index (χ2n) is 4.50. The lowest BCUT2D eigenvalue weighted by Gasteiger charge is -2.17. The van der Waals surface area contributed by atoms with Crippen molar-refractivity contribution in [3.05, 3.63) is 65.5 Å². The zero-order chi connectivity index (χ0) is 14.8. The standard InChI is InChI=1S/C14H15FN2O2S/c1-20(18,19)13-7-5-10(6-8-13)14(17-16)11-3-2-4-12(15)9-11/h2-9,14,17H,16H2,1H3. The molecule has 1 unspecified atom stereocenters. The lowest BCUT2D eigenvalue weighted by atomic mass is 9.99. The number of nitrogens with one attached hydrogen (secondary N) is 1. The average Bonchev–Trinajstić information content (AvgIpc) is 2.39. The molecule has 0 radical (unpaired) electrons. The predicted molar refractivity (Wildman–Crippen MR) is 75.1 cm³/mol. The molecule has 0 heterocycles. The molecule has 0 saturated carbocycles. The van der Waals surface area contributed by atoms with Crippen molar-refractivity contribution in [3.63, 3.8) is 0 Å². The Kier molecular flexibility index (Phi) is 4.17. The second-order valence-corrected chi connectivity index (χ2v) is 6.51. The van der Waals surface area contributed by atoms with E-state index in [1.165, 1.54) is 24.3 Å². The van der Waals surface area contributed by atoms with Gasteiger partial charge in [-0.3, -0.25) is 5.84 Å². The highest BCUT2D eigenvalue weighted by molar-refractivity contribution is 7.90. The topological polar surface area (TPSA) is 72.2 Å². The zero-order valence-corrected chi connectivity index (χ0v) is 11.7. The van der Waals surface area contributed by atoms with Crippen LogP contribution in [0.2, 0.25) is 0 Å². The van der Waals surface area contributed by atoms with Crippen molar-refractivity contribution < 1.29 is 12.8 Å². The van der Waals surface area contributed by atoms with Crippen molar-refractivity contribution in [2.24, 2.45) is 5.84 Å². The number of rotatable bonds is 4. The number of nitrogens with two attached hydrogens (primary N) is 1. The first-order chi connectivity index (χ1) is 9.41. The molecular weight excluding hydrogens is 279 g/mol. The van der Waals surface area contributed by atoms with Gasteiger partial charge in [0.1, 0.15) is 5.82 Å². The van der Waals surface area contributed by atoms with E-state index >= 15 is 0 Å². The fourth-order valence-corrected chi connectivity index (χ4v) is 2.61. The monoisotopic (exact) mass is 294 g/mol. The molecule has 0 aromatic heterocycles. The predicted octanol–water partition coefficient (Wildman–Crippen LogP) is 1.78. The first-order valence-corrected chi connectivity index (χ1v) is 7.82. The number of hydrogen-bond donors (Lipinski definition) is 2. The van der Waals surface area contributed by atoms with Crippen molar-refractivity contribution in [1.29, 1.82) is 0 Å². The third-order valence-electron chi connectivity index (χ3n) is 2.99. The molecule has 1 atom stereocenters. The van der Waals surface area contributed by atoms with Gasteiger partial charge < -0.3 is 0 Å². The van der Waals surface area contributed by atoms with E-state index in [1.54, 1.807) is 24.3 Å². The van der Waals surface area contributed by atoms with Gasteiger partial charge in [0, 0.05) is 6.26 Å². The van der Waals surface area contributed by atoms with Crippen LogP contribution in [0.15, 0.2) is 53.4 Å². The van der Waals surface area contributed by atoms with E-state index in [-0.39, 0.29) is 10.7 Å². The summed E-state index contributed by atoms with van der Waals surface area (Å²) in [7, 11) is -3.24. The molecule has 2 rings (SSSR count). The second kappa shape index (κ2) is 5.70. The smallest absolute Gasteiger partial charge is 0.175 e. The molecule has 0 aliphatic rings. The van der Waals surface area contributed by atoms with Gasteiger partial charge in [-0.15, -0.1) is 0 Å². The van der Waals surface area contributed by atoms with E-state index in [9.17, 15) is 12.8 Å². The zero-order valence-electron chi connectivity index (χ0n) is 10.9. The Labute approximate surface area is 117 Å². The first kappa shape index (κ1) is 14.6. The molecule has 20 heavy (non-hydrogen) atoms. The quantitative estimate of drug-likeness (QED) is 0.666. The molecule has 106 valence electrons. The Balaban J connectivity index is 2.38. The summed E-state index contributed by atoms with van der Waals surface area (Å²) >= 11 is 0. The summed E-state index contributed by atoms with van der Waals surface area (Å²) in [5, 5.41) is 0. The molecule has 4 nitrogen and oxygen atoms in total. The highest BCUT2D eigenvalue weighted by atomic mass is 32.2. The lowest BCUT2D eigenvalue weighted by molar-refractivity contribution is 0.601. The van der Waals surface area contributed by atoms with Crippen LogP contribution in [0.1, 0.15) is 17.2 Å². The van der Waals surface area contributed by atoms with Crippen LogP contribution in [-0.4, -0.2) is 14.7 Å². The Morgan fingerprint density at radius 3 is 2.25 bits per heavy atom. The van der Waals surface area contributed by atoms with Crippen LogP contribution in [-0.2, 0) is 9.84 Å². The number of benzene rings is 2. The van der Waals surface area contributed by atoms with Crippen LogP contribution in [0.3, 0.4) is 0 Å². The summed E-state index contributed by atoms with van der Waals surface area (Å²) in [5.41, 5.74) is 4.03. The molecule has 2 aromatic rings. The molecule has 0 bridgehead atoms. The fourth-order valence-electron chi connectivity index (χ4n) is 1.98. The fraction of sp³-hybridized carbons (Fsp3) is 0.143. The summed E-state index contributed by atoms with van der Waals surface area (Å²) in [4.78, 5) is 0.233. The van der Waals surface area contributed by atoms with E-state index in [4.69, 9.17) is 5.84 Å². The number of sulfone groups is 1. The van der Waals surface area contributed by atoms with Crippen LogP contribution in [0.4, 0.5) is 4.39 Å². The summed E-state index contributed by atoms with van der Waals surface area (Å²) in [6, 6.07) is 12.0. The minimum atomic E-state index is -3.24. The third-order valence-corrected chi connectivity index (χ3v) is 4.12. The van der Waals surface area contributed by atoms with Gasteiger partial charge in [0.2, 0.25) is 0 Å². The van der Waals surface area contributed by atoms with Gasteiger partial charge in [0.05, 0.1) is 10.9 Å². The van der Waals surface area contributed by atoms with Gasteiger partial charge in [-0.2, -0.15) is 0 Å². The summed E-state index contributed by atoms with van der Waals surface area (Å²) in [5.74, 6) is 5.17.